The lowest BCUT2D eigenvalue weighted by molar-refractivity contribution is -0.131. The molecule has 0 saturated carbocycles. The fourth-order valence-electron chi connectivity index (χ4n) is 1.58. The van der Waals surface area contributed by atoms with Crippen molar-refractivity contribution in [2.45, 2.75) is 26.8 Å². The number of rotatable bonds is 4. The normalized spacial score (nSPS) is 10.9. The number of hydrogen-bond donors (Lipinski definition) is 2. The summed E-state index contributed by atoms with van der Waals surface area (Å²) in [5, 5.41) is 11.4. The van der Waals surface area contributed by atoms with Crippen LogP contribution in [0.5, 0.6) is 0 Å². The topological polar surface area (TPSA) is 66.4 Å². The summed E-state index contributed by atoms with van der Waals surface area (Å²) in [6, 6.07) is 5.31. The molecule has 1 aromatic rings. The summed E-state index contributed by atoms with van der Waals surface area (Å²) in [5.74, 6) is -1.15. The molecule has 0 spiro atoms. The Morgan fingerprint density at radius 3 is 2.56 bits per heavy atom. The smallest absolute Gasteiger partial charge is 0.328 e. The summed E-state index contributed by atoms with van der Waals surface area (Å²) in [4.78, 5) is 22.4. The van der Waals surface area contributed by atoms with Crippen LogP contribution in [0.25, 0.3) is 6.08 Å². The molecule has 0 bridgehead atoms. The maximum Gasteiger partial charge on any atom is 0.328 e. The van der Waals surface area contributed by atoms with Gasteiger partial charge in [-0.05, 0) is 44.0 Å². The van der Waals surface area contributed by atoms with Crippen LogP contribution in [-0.2, 0) is 4.79 Å². The van der Waals surface area contributed by atoms with Gasteiger partial charge in [0.05, 0.1) is 0 Å². The van der Waals surface area contributed by atoms with E-state index >= 15 is 0 Å². The SMILES string of the molecule is Cc1c(C=CC(=O)O)cccc1C(=O)NC(C)C. The Labute approximate surface area is 106 Å². The van der Waals surface area contributed by atoms with Crippen LogP contribution < -0.4 is 5.32 Å². The predicted molar refractivity (Wildman–Crippen MR) is 70.5 cm³/mol. The standard InChI is InChI=1S/C14H17NO3/c1-9(2)15-14(18)12-6-4-5-11(10(12)3)7-8-13(16)17/h4-9H,1-3H3,(H,15,18)(H,16,17). The third-order valence-corrected chi connectivity index (χ3v) is 2.45. The molecule has 0 aromatic heterocycles. The summed E-state index contributed by atoms with van der Waals surface area (Å²) in [6.45, 7) is 5.58. The van der Waals surface area contributed by atoms with E-state index in [0.717, 1.165) is 17.2 Å². The molecule has 0 fully saturated rings. The lowest BCUT2D eigenvalue weighted by atomic mass is 10.0. The van der Waals surface area contributed by atoms with Gasteiger partial charge in [0.2, 0.25) is 0 Å². The monoisotopic (exact) mass is 247 g/mol. The quantitative estimate of drug-likeness (QED) is 0.802. The molecule has 0 aliphatic carbocycles. The van der Waals surface area contributed by atoms with Crippen LogP contribution in [0.1, 0.15) is 35.3 Å². The van der Waals surface area contributed by atoms with Crippen LogP contribution in [0.15, 0.2) is 24.3 Å². The molecule has 0 unspecified atom stereocenters. The second-order valence-electron chi connectivity index (χ2n) is 4.32. The average molecular weight is 247 g/mol. The summed E-state index contributed by atoms with van der Waals surface area (Å²) >= 11 is 0. The Bertz CT molecular complexity index is 490. The number of hydrogen-bond acceptors (Lipinski definition) is 2. The number of carbonyl (C=O) groups excluding carboxylic acids is 1. The Morgan fingerprint density at radius 1 is 1.33 bits per heavy atom. The van der Waals surface area contributed by atoms with Gasteiger partial charge in [-0.1, -0.05) is 12.1 Å². The highest BCUT2D eigenvalue weighted by atomic mass is 16.4. The molecule has 0 atom stereocenters. The molecule has 4 nitrogen and oxygen atoms in total. The van der Waals surface area contributed by atoms with Gasteiger partial charge in [0.1, 0.15) is 0 Å². The fraction of sp³-hybridized carbons (Fsp3) is 0.286. The third-order valence-electron chi connectivity index (χ3n) is 2.45. The van der Waals surface area contributed by atoms with E-state index in [-0.39, 0.29) is 11.9 Å². The molecular weight excluding hydrogens is 230 g/mol. The summed E-state index contributed by atoms with van der Waals surface area (Å²) in [7, 11) is 0. The number of benzene rings is 1. The lowest BCUT2D eigenvalue weighted by Gasteiger charge is -2.11. The zero-order chi connectivity index (χ0) is 13.7. The Balaban J connectivity index is 3.05. The summed E-state index contributed by atoms with van der Waals surface area (Å²) in [6.07, 6.45) is 2.55. The van der Waals surface area contributed by atoms with Gasteiger partial charge in [-0.25, -0.2) is 4.79 Å². The average Bonchev–Trinajstić information content (AvgIpc) is 2.26. The highest BCUT2D eigenvalue weighted by molar-refractivity contribution is 5.97. The van der Waals surface area contributed by atoms with Crippen molar-refractivity contribution >= 4 is 18.0 Å². The number of aliphatic carboxylic acids is 1. The van der Waals surface area contributed by atoms with Crippen molar-refractivity contribution in [2.24, 2.45) is 0 Å². The summed E-state index contributed by atoms with van der Waals surface area (Å²) < 4.78 is 0. The van der Waals surface area contributed by atoms with Crippen LogP contribution in [-0.4, -0.2) is 23.0 Å². The molecule has 1 aromatic carbocycles. The Morgan fingerprint density at radius 2 is 2.00 bits per heavy atom. The number of carboxylic acid groups (broad SMARTS) is 1. The maximum absolute atomic E-state index is 11.9. The number of amides is 1. The van der Waals surface area contributed by atoms with Gasteiger partial charge >= 0.3 is 5.97 Å². The van der Waals surface area contributed by atoms with Crippen molar-refractivity contribution in [2.75, 3.05) is 0 Å². The zero-order valence-corrected chi connectivity index (χ0v) is 10.7. The van der Waals surface area contributed by atoms with Gasteiger partial charge in [0.15, 0.2) is 0 Å². The number of carbonyl (C=O) groups is 2. The van der Waals surface area contributed by atoms with Crippen molar-refractivity contribution in [3.05, 3.63) is 41.0 Å². The number of nitrogens with one attached hydrogen (secondary N) is 1. The molecule has 1 rings (SSSR count). The van der Waals surface area contributed by atoms with Crippen LogP contribution in [0.4, 0.5) is 0 Å². The molecule has 0 heterocycles. The first-order valence-electron chi connectivity index (χ1n) is 5.73. The van der Waals surface area contributed by atoms with Crippen LogP contribution in [0, 0.1) is 6.92 Å². The van der Waals surface area contributed by atoms with E-state index in [1.807, 2.05) is 13.8 Å². The van der Waals surface area contributed by atoms with E-state index in [1.165, 1.54) is 6.08 Å². The second kappa shape index (κ2) is 6.00. The van der Waals surface area contributed by atoms with Gasteiger partial charge in [-0.3, -0.25) is 4.79 Å². The minimum Gasteiger partial charge on any atom is -0.478 e. The van der Waals surface area contributed by atoms with Crippen LogP contribution in [0.3, 0.4) is 0 Å². The molecule has 0 radical (unpaired) electrons. The molecular formula is C14H17NO3. The molecule has 0 saturated heterocycles. The Kier molecular flexibility index (Phi) is 4.66. The lowest BCUT2D eigenvalue weighted by Crippen LogP contribution is -2.30. The van der Waals surface area contributed by atoms with Crippen molar-refractivity contribution in [1.29, 1.82) is 0 Å². The maximum atomic E-state index is 11.9. The molecule has 18 heavy (non-hydrogen) atoms. The van der Waals surface area contributed by atoms with E-state index < -0.39 is 5.97 Å². The van der Waals surface area contributed by atoms with Gasteiger partial charge in [0, 0.05) is 17.7 Å². The van der Waals surface area contributed by atoms with Crippen molar-refractivity contribution < 1.29 is 14.7 Å². The Hall–Kier alpha value is -2.10. The molecule has 2 N–H and O–H groups in total. The van der Waals surface area contributed by atoms with Crippen molar-refractivity contribution in [3.8, 4) is 0 Å². The van der Waals surface area contributed by atoms with E-state index in [0.29, 0.717) is 5.56 Å². The summed E-state index contributed by atoms with van der Waals surface area (Å²) in [5.41, 5.74) is 2.07. The molecule has 0 aliphatic heterocycles. The third kappa shape index (κ3) is 3.73. The molecule has 96 valence electrons. The minimum atomic E-state index is -1.01. The first-order valence-corrected chi connectivity index (χ1v) is 5.73. The molecule has 0 aliphatic rings. The number of carboxylic acids is 1. The van der Waals surface area contributed by atoms with Crippen LogP contribution >= 0.6 is 0 Å². The van der Waals surface area contributed by atoms with Crippen molar-refractivity contribution in [1.82, 2.24) is 5.32 Å². The van der Waals surface area contributed by atoms with E-state index in [2.05, 4.69) is 5.32 Å². The van der Waals surface area contributed by atoms with E-state index in [9.17, 15) is 9.59 Å². The van der Waals surface area contributed by atoms with Crippen molar-refractivity contribution in [3.63, 3.8) is 0 Å². The molecule has 4 heteroatoms. The first-order chi connectivity index (χ1) is 8.41. The second-order valence-corrected chi connectivity index (χ2v) is 4.32. The van der Waals surface area contributed by atoms with Gasteiger partial charge < -0.3 is 10.4 Å². The minimum absolute atomic E-state index is 0.0649. The van der Waals surface area contributed by atoms with E-state index in [4.69, 9.17) is 5.11 Å². The largest absolute Gasteiger partial charge is 0.478 e. The van der Waals surface area contributed by atoms with Gasteiger partial charge in [0.25, 0.3) is 5.91 Å². The highest BCUT2D eigenvalue weighted by Gasteiger charge is 2.11. The van der Waals surface area contributed by atoms with E-state index in [1.54, 1.807) is 25.1 Å². The van der Waals surface area contributed by atoms with Crippen LogP contribution in [0.2, 0.25) is 0 Å². The van der Waals surface area contributed by atoms with Gasteiger partial charge in [-0.15, -0.1) is 0 Å². The predicted octanol–water partition coefficient (Wildman–Crippen LogP) is 2.23. The fourth-order valence-corrected chi connectivity index (χ4v) is 1.58. The highest BCUT2D eigenvalue weighted by Crippen LogP contribution is 2.15. The molecule has 1 amide bonds. The first kappa shape index (κ1) is 14.0. The van der Waals surface area contributed by atoms with Gasteiger partial charge in [-0.2, -0.15) is 0 Å². The zero-order valence-electron chi connectivity index (χ0n) is 10.7.